The smallest absolute Gasteiger partial charge is 0.475 e. The zero-order valence-corrected chi connectivity index (χ0v) is 19.4. The second-order valence-corrected chi connectivity index (χ2v) is 7.56. The predicted molar refractivity (Wildman–Crippen MR) is 122 cm³/mol. The van der Waals surface area contributed by atoms with E-state index >= 15 is 0 Å². The van der Waals surface area contributed by atoms with Crippen LogP contribution in [-0.2, 0) is 11.3 Å². The first-order valence-electron chi connectivity index (χ1n) is 10.2. The number of aromatic nitrogens is 4. The lowest BCUT2D eigenvalue weighted by molar-refractivity contribution is -0.192. The molecule has 1 aromatic carbocycles. The summed E-state index contributed by atoms with van der Waals surface area (Å²) in [5, 5.41) is 11.1. The molecule has 0 atom stereocenters. The zero-order valence-electron chi connectivity index (χ0n) is 19.4. The molecule has 194 valence electrons. The Morgan fingerprint density at radius 3 is 2.28 bits per heavy atom. The van der Waals surface area contributed by atoms with E-state index in [-0.39, 0.29) is 18.7 Å². The number of hydrogen-bond donors (Lipinski definition) is 2. The van der Waals surface area contributed by atoms with Gasteiger partial charge in [-0.25, -0.2) is 23.8 Å². The molecule has 36 heavy (non-hydrogen) atoms. The van der Waals surface area contributed by atoms with Gasteiger partial charge in [-0.3, -0.25) is 0 Å². The highest BCUT2D eigenvalue weighted by Crippen LogP contribution is 2.27. The van der Waals surface area contributed by atoms with Crippen LogP contribution in [0.5, 0.6) is 0 Å². The van der Waals surface area contributed by atoms with E-state index in [1.165, 1.54) is 10.9 Å². The number of pyridine rings is 1. The summed E-state index contributed by atoms with van der Waals surface area (Å²) < 4.78 is 59.8. The zero-order chi connectivity index (χ0) is 27.2. The Balaban J connectivity index is 0.000000572. The third kappa shape index (κ3) is 6.75. The standard InChI is InChI=1S/C20H22F2N6O.C2HF3O2/c1-13-16(14-7-8-18(24-10-14)26(2)3)5-4-6-17(13)27-12-25-28(20(27)29)11-15(9-23)19(21)22;3-2(4,5)1(6)7/h4-8,10,12H,9,11,23H2,1-3H3;(H,6,7). The molecule has 0 spiro atoms. The van der Waals surface area contributed by atoms with Gasteiger partial charge < -0.3 is 15.7 Å². The van der Waals surface area contributed by atoms with E-state index in [0.29, 0.717) is 5.69 Å². The molecule has 0 saturated heterocycles. The van der Waals surface area contributed by atoms with Crippen LogP contribution in [0, 0.1) is 6.92 Å². The average Bonchev–Trinajstić information content (AvgIpc) is 3.17. The second-order valence-electron chi connectivity index (χ2n) is 7.56. The molecule has 0 bridgehead atoms. The summed E-state index contributed by atoms with van der Waals surface area (Å²) in [5.74, 6) is -1.92. The van der Waals surface area contributed by atoms with E-state index < -0.39 is 23.9 Å². The molecule has 0 aliphatic rings. The van der Waals surface area contributed by atoms with Gasteiger partial charge in [0.1, 0.15) is 12.1 Å². The van der Waals surface area contributed by atoms with Crippen LogP contribution in [0.2, 0.25) is 0 Å². The van der Waals surface area contributed by atoms with Crippen molar-refractivity contribution < 1.29 is 31.9 Å². The number of rotatable bonds is 6. The normalized spacial score (nSPS) is 10.9. The summed E-state index contributed by atoms with van der Waals surface area (Å²) in [6.45, 7) is 1.20. The first-order chi connectivity index (χ1) is 16.8. The summed E-state index contributed by atoms with van der Waals surface area (Å²) in [6, 6.07) is 9.42. The first kappa shape index (κ1) is 28.2. The summed E-state index contributed by atoms with van der Waals surface area (Å²) in [5.41, 5.74) is 7.78. The van der Waals surface area contributed by atoms with Crippen LogP contribution in [0.3, 0.4) is 0 Å². The maximum Gasteiger partial charge on any atom is 0.490 e. The average molecular weight is 514 g/mol. The van der Waals surface area contributed by atoms with Gasteiger partial charge in [-0.15, -0.1) is 0 Å². The highest BCUT2D eigenvalue weighted by Gasteiger charge is 2.38. The molecule has 3 aromatic rings. The molecule has 3 N–H and O–H groups in total. The van der Waals surface area contributed by atoms with Gasteiger partial charge >= 0.3 is 17.8 Å². The maximum atomic E-state index is 12.9. The summed E-state index contributed by atoms with van der Waals surface area (Å²) >= 11 is 0. The van der Waals surface area contributed by atoms with Crippen LogP contribution in [0.25, 0.3) is 16.8 Å². The quantitative estimate of drug-likeness (QED) is 0.485. The third-order valence-electron chi connectivity index (χ3n) is 4.91. The molecule has 0 radical (unpaired) electrons. The molecule has 0 saturated carbocycles. The van der Waals surface area contributed by atoms with Crippen LogP contribution in [-0.4, -0.2) is 57.2 Å². The van der Waals surface area contributed by atoms with Gasteiger partial charge in [0, 0.05) is 38.0 Å². The van der Waals surface area contributed by atoms with Crippen molar-refractivity contribution in [1.29, 1.82) is 0 Å². The van der Waals surface area contributed by atoms with Crippen molar-refractivity contribution in [3.05, 3.63) is 70.6 Å². The number of carbonyl (C=O) groups is 1. The molecule has 0 unspecified atom stereocenters. The minimum atomic E-state index is -5.08. The fourth-order valence-electron chi connectivity index (χ4n) is 3.00. The molecular weight excluding hydrogens is 491 g/mol. The molecular formula is C22H23F5N6O3. The Labute approximate surface area is 201 Å². The van der Waals surface area contributed by atoms with E-state index in [1.54, 1.807) is 12.3 Å². The predicted octanol–water partition coefficient (Wildman–Crippen LogP) is 3.21. The number of nitrogens with zero attached hydrogens (tertiary/aromatic N) is 5. The van der Waals surface area contributed by atoms with Crippen LogP contribution >= 0.6 is 0 Å². The number of benzene rings is 1. The fraction of sp³-hybridized carbons (Fsp3) is 0.273. The molecule has 0 fully saturated rings. The van der Waals surface area contributed by atoms with Gasteiger partial charge in [0.25, 0.3) is 6.08 Å². The Hall–Kier alpha value is -4.07. The van der Waals surface area contributed by atoms with E-state index in [1.807, 2.05) is 50.2 Å². The molecule has 9 nitrogen and oxygen atoms in total. The number of hydrogen-bond acceptors (Lipinski definition) is 6. The van der Waals surface area contributed by atoms with E-state index in [9.17, 15) is 26.7 Å². The van der Waals surface area contributed by atoms with Crippen LogP contribution in [0.15, 0.2) is 59.3 Å². The van der Waals surface area contributed by atoms with Gasteiger partial charge in [0.05, 0.1) is 12.2 Å². The number of aliphatic carboxylic acids is 1. The van der Waals surface area contributed by atoms with Crippen molar-refractivity contribution >= 4 is 11.8 Å². The lowest BCUT2D eigenvalue weighted by Crippen LogP contribution is -2.26. The number of nitrogens with two attached hydrogens (primary N) is 1. The molecule has 0 aliphatic heterocycles. The highest BCUT2D eigenvalue weighted by molar-refractivity contribution is 5.73. The Morgan fingerprint density at radius 1 is 1.17 bits per heavy atom. The van der Waals surface area contributed by atoms with Crippen LogP contribution in [0.4, 0.5) is 27.8 Å². The molecule has 0 aliphatic carbocycles. The van der Waals surface area contributed by atoms with Crippen molar-refractivity contribution in [3.63, 3.8) is 0 Å². The SMILES string of the molecule is Cc1c(-c2ccc(N(C)C)nc2)cccc1-n1cnn(CC(CN)=C(F)F)c1=O.O=C(O)C(F)(F)F. The Bertz CT molecular complexity index is 1290. The van der Waals surface area contributed by atoms with Crippen molar-refractivity contribution in [3.8, 4) is 16.8 Å². The number of carboxylic acid groups (broad SMARTS) is 1. The number of anilines is 1. The lowest BCUT2D eigenvalue weighted by Gasteiger charge is -2.14. The van der Waals surface area contributed by atoms with Crippen LogP contribution < -0.4 is 16.3 Å². The summed E-state index contributed by atoms with van der Waals surface area (Å²) in [4.78, 5) is 27.9. The van der Waals surface area contributed by atoms with Crippen molar-refractivity contribution in [2.45, 2.75) is 19.6 Å². The van der Waals surface area contributed by atoms with Crippen molar-refractivity contribution in [2.75, 3.05) is 25.5 Å². The first-order valence-corrected chi connectivity index (χ1v) is 10.2. The van der Waals surface area contributed by atoms with Gasteiger partial charge in [0.2, 0.25) is 0 Å². The van der Waals surface area contributed by atoms with E-state index in [2.05, 4.69) is 10.1 Å². The van der Waals surface area contributed by atoms with Crippen molar-refractivity contribution in [1.82, 2.24) is 19.3 Å². The molecule has 2 heterocycles. The molecule has 14 heteroatoms. The molecule has 3 rings (SSSR count). The largest absolute Gasteiger partial charge is 0.490 e. The van der Waals surface area contributed by atoms with Crippen molar-refractivity contribution in [2.24, 2.45) is 5.73 Å². The fourth-order valence-corrected chi connectivity index (χ4v) is 3.00. The highest BCUT2D eigenvalue weighted by atomic mass is 19.4. The van der Waals surface area contributed by atoms with Gasteiger partial charge in [-0.05, 0) is 36.2 Å². The summed E-state index contributed by atoms with van der Waals surface area (Å²) in [7, 11) is 3.83. The van der Waals surface area contributed by atoms with Gasteiger partial charge in [0.15, 0.2) is 0 Å². The number of halogens is 5. The second kappa shape index (κ2) is 11.6. The third-order valence-corrected chi connectivity index (χ3v) is 4.91. The maximum absolute atomic E-state index is 12.9. The van der Waals surface area contributed by atoms with Gasteiger partial charge in [-0.1, -0.05) is 12.1 Å². The number of alkyl halides is 3. The van der Waals surface area contributed by atoms with E-state index in [0.717, 1.165) is 27.2 Å². The Morgan fingerprint density at radius 2 is 1.81 bits per heavy atom. The van der Waals surface area contributed by atoms with E-state index in [4.69, 9.17) is 15.6 Å². The number of carboxylic acids is 1. The topological polar surface area (TPSA) is 119 Å². The van der Waals surface area contributed by atoms with Crippen LogP contribution in [0.1, 0.15) is 5.56 Å². The molecule has 2 aromatic heterocycles. The lowest BCUT2D eigenvalue weighted by atomic mass is 10.0. The minimum Gasteiger partial charge on any atom is -0.475 e. The Kier molecular flexibility index (Phi) is 9.06. The summed E-state index contributed by atoms with van der Waals surface area (Å²) in [6.07, 6.45) is -3.87. The molecule has 0 amide bonds. The monoisotopic (exact) mass is 514 g/mol. The van der Waals surface area contributed by atoms with Gasteiger partial charge in [-0.2, -0.15) is 27.1 Å². The minimum absolute atomic E-state index is 0.324.